The van der Waals surface area contributed by atoms with Gasteiger partial charge in [0.2, 0.25) is 5.91 Å². The van der Waals surface area contributed by atoms with Gasteiger partial charge in [-0.2, -0.15) is 12.6 Å². The molecule has 0 rings (SSSR count). The molecule has 0 saturated carbocycles. The molecule has 0 bridgehead atoms. The Morgan fingerprint density at radius 3 is 1.65 bits per heavy atom. The first-order valence-corrected chi connectivity index (χ1v) is 10.9. The van der Waals surface area contributed by atoms with Crippen molar-refractivity contribution < 1.29 is 14.7 Å². The number of carboxylic acid groups (broad SMARTS) is 1. The monoisotopic (exact) mass is 388 g/mol. The number of hydrogen-bond acceptors (Lipinski definition) is 4. The van der Waals surface area contributed by atoms with Crippen molar-refractivity contribution in [1.82, 2.24) is 10.2 Å². The summed E-state index contributed by atoms with van der Waals surface area (Å²) in [4.78, 5) is 24.7. The van der Waals surface area contributed by atoms with Crippen molar-refractivity contribution in [2.75, 3.05) is 26.4 Å². The van der Waals surface area contributed by atoms with E-state index in [-0.39, 0.29) is 11.7 Å². The fraction of sp³-hybridized carbons (Fsp3) is 0.900. The summed E-state index contributed by atoms with van der Waals surface area (Å²) in [5.74, 6) is -1.09. The molecule has 0 aliphatic rings. The summed E-state index contributed by atoms with van der Waals surface area (Å²) in [7, 11) is 4.26. The molecule has 5 nitrogen and oxygen atoms in total. The molecule has 0 fully saturated rings. The van der Waals surface area contributed by atoms with Crippen molar-refractivity contribution in [3.63, 3.8) is 0 Å². The molecule has 0 aromatic carbocycles. The highest BCUT2D eigenvalue weighted by Crippen LogP contribution is 2.12. The van der Waals surface area contributed by atoms with Crippen LogP contribution in [-0.4, -0.2) is 54.3 Å². The van der Waals surface area contributed by atoms with Gasteiger partial charge in [0.15, 0.2) is 0 Å². The highest BCUT2D eigenvalue weighted by Gasteiger charge is 2.17. The average molecular weight is 389 g/mol. The van der Waals surface area contributed by atoms with Crippen LogP contribution in [0.3, 0.4) is 0 Å². The van der Waals surface area contributed by atoms with Gasteiger partial charge in [0.25, 0.3) is 0 Å². The second-order valence-corrected chi connectivity index (χ2v) is 7.80. The number of rotatable bonds is 18. The number of thiol groups is 1. The molecule has 2 N–H and O–H groups in total. The van der Waals surface area contributed by atoms with E-state index in [0.29, 0.717) is 6.42 Å². The molecule has 0 heterocycles. The van der Waals surface area contributed by atoms with Crippen LogP contribution in [0.25, 0.3) is 0 Å². The molecular weight excluding hydrogens is 348 g/mol. The summed E-state index contributed by atoms with van der Waals surface area (Å²) in [6.07, 6.45) is 15.4. The van der Waals surface area contributed by atoms with E-state index < -0.39 is 12.0 Å². The van der Waals surface area contributed by atoms with E-state index in [2.05, 4.69) is 36.9 Å². The zero-order valence-electron chi connectivity index (χ0n) is 16.8. The van der Waals surface area contributed by atoms with Crippen molar-refractivity contribution in [2.45, 2.75) is 89.5 Å². The third-order valence-corrected chi connectivity index (χ3v) is 4.94. The van der Waals surface area contributed by atoms with Gasteiger partial charge in [0.05, 0.1) is 0 Å². The SMILES string of the molecule is CN(C)CCCCCCCCCCCCCCC(=O)NC(CS)C(=O)O. The third-order valence-electron chi connectivity index (χ3n) is 4.58. The Labute approximate surface area is 165 Å². The molecule has 0 aliphatic carbocycles. The Morgan fingerprint density at radius 2 is 1.27 bits per heavy atom. The summed E-state index contributed by atoms with van der Waals surface area (Å²) in [5, 5.41) is 11.4. The van der Waals surface area contributed by atoms with Crippen LogP contribution in [0.2, 0.25) is 0 Å². The van der Waals surface area contributed by atoms with Crippen LogP contribution in [0.15, 0.2) is 0 Å². The lowest BCUT2D eigenvalue weighted by Crippen LogP contribution is -2.42. The number of hydrogen-bond donors (Lipinski definition) is 3. The number of carbonyl (C=O) groups is 2. The van der Waals surface area contributed by atoms with Gasteiger partial charge in [0.1, 0.15) is 6.04 Å². The van der Waals surface area contributed by atoms with Crippen molar-refractivity contribution in [3.05, 3.63) is 0 Å². The van der Waals surface area contributed by atoms with Gasteiger partial charge < -0.3 is 15.3 Å². The van der Waals surface area contributed by atoms with Gasteiger partial charge >= 0.3 is 5.97 Å². The minimum atomic E-state index is -1.03. The Morgan fingerprint density at radius 1 is 0.846 bits per heavy atom. The van der Waals surface area contributed by atoms with Crippen molar-refractivity contribution in [2.24, 2.45) is 0 Å². The number of carbonyl (C=O) groups excluding carboxylic acids is 1. The van der Waals surface area contributed by atoms with E-state index in [1.54, 1.807) is 0 Å². The highest BCUT2D eigenvalue weighted by molar-refractivity contribution is 7.80. The van der Waals surface area contributed by atoms with E-state index >= 15 is 0 Å². The van der Waals surface area contributed by atoms with Crippen LogP contribution in [0, 0.1) is 0 Å². The van der Waals surface area contributed by atoms with Gasteiger partial charge in [0, 0.05) is 12.2 Å². The second kappa shape index (κ2) is 17.7. The summed E-state index contributed by atoms with van der Waals surface area (Å²) in [6.45, 7) is 1.21. The number of amides is 1. The molecule has 0 radical (unpaired) electrons. The third kappa shape index (κ3) is 16.7. The second-order valence-electron chi connectivity index (χ2n) is 7.44. The number of nitrogens with one attached hydrogen (secondary N) is 1. The predicted molar refractivity (Wildman–Crippen MR) is 112 cm³/mol. The molecule has 0 aliphatic heterocycles. The molecule has 0 spiro atoms. The quantitative estimate of drug-likeness (QED) is 0.244. The molecular formula is C20H40N2O3S. The van der Waals surface area contributed by atoms with E-state index in [9.17, 15) is 9.59 Å². The maximum absolute atomic E-state index is 11.6. The zero-order chi connectivity index (χ0) is 19.6. The first-order chi connectivity index (χ1) is 12.5. The molecule has 26 heavy (non-hydrogen) atoms. The van der Waals surface area contributed by atoms with Gasteiger partial charge in [-0.15, -0.1) is 0 Å². The summed E-state index contributed by atoms with van der Waals surface area (Å²) in [5.41, 5.74) is 0. The lowest BCUT2D eigenvalue weighted by molar-refractivity contribution is -0.141. The lowest BCUT2D eigenvalue weighted by atomic mass is 10.0. The maximum Gasteiger partial charge on any atom is 0.327 e. The van der Waals surface area contributed by atoms with Gasteiger partial charge in [-0.1, -0.05) is 64.2 Å². The molecule has 154 valence electrons. The Hall–Kier alpha value is -0.750. The fourth-order valence-electron chi connectivity index (χ4n) is 2.93. The molecule has 0 aromatic rings. The van der Waals surface area contributed by atoms with Crippen molar-refractivity contribution in [3.8, 4) is 0 Å². The smallest absolute Gasteiger partial charge is 0.327 e. The van der Waals surface area contributed by atoms with Crippen LogP contribution >= 0.6 is 12.6 Å². The number of nitrogens with zero attached hydrogens (tertiary/aromatic N) is 1. The topological polar surface area (TPSA) is 69.6 Å². The van der Waals surface area contributed by atoms with E-state index in [1.165, 1.54) is 64.3 Å². The van der Waals surface area contributed by atoms with Crippen LogP contribution in [0.5, 0.6) is 0 Å². The first kappa shape index (κ1) is 25.2. The molecule has 0 aromatic heterocycles. The molecule has 6 heteroatoms. The van der Waals surface area contributed by atoms with E-state index in [0.717, 1.165) is 19.3 Å². The minimum Gasteiger partial charge on any atom is -0.480 e. The summed E-state index contributed by atoms with van der Waals surface area (Å²) in [6, 6.07) is -0.876. The summed E-state index contributed by atoms with van der Waals surface area (Å²) >= 11 is 3.93. The van der Waals surface area contributed by atoms with Crippen LogP contribution in [0.1, 0.15) is 83.5 Å². The molecule has 1 unspecified atom stereocenters. The average Bonchev–Trinajstić information content (AvgIpc) is 2.59. The zero-order valence-corrected chi connectivity index (χ0v) is 17.7. The standard InChI is InChI=1S/C20H40N2O3S/c1-22(2)16-14-12-10-8-6-4-3-5-7-9-11-13-15-19(23)21-18(17-26)20(24)25/h18,26H,3-17H2,1-2H3,(H,21,23)(H,24,25). The van der Waals surface area contributed by atoms with E-state index in [1.807, 2.05) is 0 Å². The molecule has 0 saturated heterocycles. The normalized spacial score (nSPS) is 12.3. The minimum absolute atomic E-state index is 0.122. The molecule has 1 atom stereocenters. The van der Waals surface area contributed by atoms with Crippen LogP contribution in [-0.2, 0) is 9.59 Å². The highest BCUT2D eigenvalue weighted by atomic mass is 32.1. The predicted octanol–water partition coefficient (Wildman–Crippen LogP) is 4.12. The number of aliphatic carboxylic acids is 1. The van der Waals surface area contributed by atoms with Crippen molar-refractivity contribution in [1.29, 1.82) is 0 Å². The van der Waals surface area contributed by atoms with E-state index in [4.69, 9.17) is 5.11 Å². The maximum atomic E-state index is 11.6. The Kier molecular flexibility index (Phi) is 17.1. The summed E-state index contributed by atoms with van der Waals surface area (Å²) < 4.78 is 0. The fourth-order valence-corrected chi connectivity index (χ4v) is 3.18. The van der Waals surface area contributed by atoms with Crippen LogP contribution in [0.4, 0.5) is 0 Å². The first-order valence-electron chi connectivity index (χ1n) is 10.2. The Bertz CT molecular complexity index is 365. The van der Waals surface area contributed by atoms with Gasteiger partial charge in [-0.05, 0) is 33.5 Å². The number of unbranched alkanes of at least 4 members (excludes halogenated alkanes) is 11. The molecule has 1 amide bonds. The van der Waals surface area contributed by atoms with Gasteiger partial charge in [-0.25, -0.2) is 4.79 Å². The Balaban J connectivity index is 3.29. The largest absolute Gasteiger partial charge is 0.480 e. The van der Waals surface area contributed by atoms with Crippen LogP contribution < -0.4 is 5.32 Å². The lowest BCUT2D eigenvalue weighted by Gasteiger charge is -2.11. The number of carboxylic acids is 1. The van der Waals surface area contributed by atoms with Gasteiger partial charge in [-0.3, -0.25) is 4.79 Å². The van der Waals surface area contributed by atoms with Crippen molar-refractivity contribution >= 4 is 24.5 Å².